The Morgan fingerprint density at radius 1 is 1.35 bits per heavy atom. The van der Waals surface area contributed by atoms with E-state index < -0.39 is 0 Å². The van der Waals surface area contributed by atoms with Gasteiger partial charge >= 0.3 is 0 Å². The van der Waals surface area contributed by atoms with E-state index in [-0.39, 0.29) is 18.6 Å². The first-order valence-electron chi connectivity index (χ1n) is 7.52. The molecule has 0 bridgehead atoms. The number of nitrogens with zero attached hydrogens (tertiary/aromatic N) is 2. The molecule has 0 saturated carbocycles. The number of carbonyl (C=O) groups excluding carboxylic acids is 1. The summed E-state index contributed by atoms with van der Waals surface area (Å²) in [5.41, 5.74) is 1.03. The molecule has 1 aliphatic rings. The zero-order valence-corrected chi connectivity index (χ0v) is 13.4. The Bertz CT molecular complexity index is 649. The maximum Gasteiger partial charge on any atom is 0.261 e. The van der Waals surface area contributed by atoms with E-state index in [9.17, 15) is 4.79 Å². The van der Waals surface area contributed by atoms with Crippen molar-refractivity contribution in [3.05, 3.63) is 59.4 Å². The number of ether oxygens (including phenoxy) is 1. The SMILES string of the molecule is O=C(COc1ccc(Cl)cc1)N1CCNCC1c1cccnc1. The summed E-state index contributed by atoms with van der Waals surface area (Å²) in [6, 6.07) is 10.9. The molecule has 1 aliphatic heterocycles. The van der Waals surface area contributed by atoms with Gasteiger partial charge in [-0.15, -0.1) is 0 Å². The van der Waals surface area contributed by atoms with Crippen LogP contribution in [0.25, 0.3) is 0 Å². The molecule has 120 valence electrons. The molecule has 1 aromatic carbocycles. The number of aromatic nitrogens is 1. The summed E-state index contributed by atoms with van der Waals surface area (Å²) in [6.45, 7) is 2.17. The smallest absolute Gasteiger partial charge is 0.261 e. The fourth-order valence-corrected chi connectivity index (χ4v) is 2.76. The molecule has 1 amide bonds. The van der Waals surface area contributed by atoms with Crippen LogP contribution in [0.4, 0.5) is 0 Å². The lowest BCUT2D eigenvalue weighted by Gasteiger charge is -2.36. The summed E-state index contributed by atoms with van der Waals surface area (Å²) in [6.07, 6.45) is 3.54. The molecule has 1 unspecified atom stereocenters. The molecule has 3 rings (SSSR count). The summed E-state index contributed by atoms with van der Waals surface area (Å²) < 4.78 is 5.57. The third-order valence-corrected chi connectivity index (χ3v) is 4.06. The van der Waals surface area contributed by atoms with Gasteiger partial charge in [0.15, 0.2) is 6.61 Å². The highest BCUT2D eigenvalue weighted by molar-refractivity contribution is 6.30. The summed E-state index contributed by atoms with van der Waals surface area (Å²) in [5, 5.41) is 3.96. The van der Waals surface area contributed by atoms with Gasteiger partial charge in [0.2, 0.25) is 0 Å². The summed E-state index contributed by atoms with van der Waals surface area (Å²) in [5.74, 6) is 0.603. The van der Waals surface area contributed by atoms with Gasteiger partial charge in [-0.05, 0) is 35.9 Å². The average Bonchev–Trinajstić information content (AvgIpc) is 2.62. The van der Waals surface area contributed by atoms with Gasteiger partial charge < -0.3 is 15.0 Å². The van der Waals surface area contributed by atoms with Gasteiger partial charge in [0.1, 0.15) is 5.75 Å². The van der Waals surface area contributed by atoms with Crippen molar-refractivity contribution in [2.24, 2.45) is 0 Å². The molecular formula is C17H18ClN3O2. The van der Waals surface area contributed by atoms with E-state index >= 15 is 0 Å². The predicted molar refractivity (Wildman–Crippen MR) is 88.5 cm³/mol. The van der Waals surface area contributed by atoms with Crippen LogP contribution < -0.4 is 10.1 Å². The van der Waals surface area contributed by atoms with Crippen molar-refractivity contribution in [1.82, 2.24) is 15.2 Å². The second-order valence-electron chi connectivity index (χ2n) is 5.34. The third kappa shape index (κ3) is 4.00. The lowest BCUT2D eigenvalue weighted by molar-refractivity contribution is -0.136. The standard InChI is InChI=1S/C17H18ClN3O2/c18-14-3-5-15(6-4-14)23-12-17(22)21-9-8-20-11-16(21)13-2-1-7-19-10-13/h1-7,10,16,20H,8-9,11-12H2. The van der Waals surface area contributed by atoms with Crippen LogP contribution in [-0.4, -0.2) is 42.0 Å². The molecule has 1 saturated heterocycles. The predicted octanol–water partition coefficient (Wildman–Crippen LogP) is 2.29. The number of hydrogen-bond donors (Lipinski definition) is 1. The zero-order valence-electron chi connectivity index (χ0n) is 12.6. The highest BCUT2D eigenvalue weighted by Crippen LogP contribution is 2.22. The molecule has 2 aromatic rings. The summed E-state index contributed by atoms with van der Waals surface area (Å²) in [7, 11) is 0. The van der Waals surface area contributed by atoms with E-state index in [1.165, 1.54) is 0 Å². The Balaban J connectivity index is 1.65. The molecule has 0 spiro atoms. The number of benzene rings is 1. The average molecular weight is 332 g/mol. The number of rotatable bonds is 4. The van der Waals surface area contributed by atoms with Crippen molar-refractivity contribution < 1.29 is 9.53 Å². The van der Waals surface area contributed by atoms with Crippen LogP contribution in [-0.2, 0) is 4.79 Å². The first kappa shape index (κ1) is 15.8. The molecule has 5 nitrogen and oxygen atoms in total. The van der Waals surface area contributed by atoms with E-state index in [2.05, 4.69) is 10.3 Å². The Morgan fingerprint density at radius 3 is 2.91 bits per heavy atom. The van der Waals surface area contributed by atoms with Crippen molar-refractivity contribution in [1.29, 1.82) is 0 Å². The molecule has 1 aromatic heterocycles. The van der Waals surface area contributed by atoms with Crippen molar-refractivity contribution in [2.75, 3.05) is 26.2 Å². The normalized spacial score (nSPS) is 17.8. The Kier molecular flexibility index (Phi) is 5.10. The van der Waals surface area contributed by atoms with Gasteiger partial charge in [-0.2, -0.15) is 0 Å². The maximum absolute atomic E-state index is 12.5. The minimum Gasteiger partial charge on any atom is -0.484 e. The number of carbonyl (C=O) groups is 1. The molecule has 6 heteroatoms. The zero-order chi connectivity index (χ0) is 16.1. The van der Waals surface area contributed by atoms with E-state index in [0.717, 1.165) is 18.7 Å². The van der Waals surface area contributed by atoms with Gasteiger partial charge in [0.05, 0.1) is 6.04 Å². The number of piperazine rings is 1. The molecule has 1 N–H and O–H groups in total. The highest BCUT2D eigenvalue weighted by Gasteiger charge is 2.28. The number of amides is 1. The number of halogens is 1. The van der Waals surface area contributed by atoms with Crippen LogP contribution in [0.15, 0.2) is 48.8 Å². The molecule has 0 aliphatic carbocycles. The Morgan fingerprint density at radius 2 is 2.17 bits per heavy atom. The molecule has 1 atom stereocenters. The summed E-state index contributed by atoms with van der Waals surface area (Å²) in [4.78, 5) is 18.5. The first-order valence-corrected chi connectivity index (χ1v) is 7.90. The van der Waals surface area contributed by atoms with E-state index in [1.807, 2.05) is 17.0 Å². The summed E-state index contributed by atoms with van der Waals surface area (Å²) >= 11 is 5.84. The lowest BCUT2D eigenvalue weighted by Crippen LogP contribution is -2.50. The van der Waals surface area contributed by atoms with Crippen LogP contribution in [0.1, 0.15) is 11.6 Å². The van der Waals surface area contributed by atoms with E-state index in [4.69, 9.17) is 16.3 Å². The largest absolute Gasteiger partial charge is 0.484 e. The van der Waals surface area contributed by atoms with Gasteiger partial charge in [-0.3, -0.25) is 9.78 Å². The van der Waals surface area contributed by atoms with Gasteiger partial charge in [0, 0.05) is 37.1 Å². The topological polar surface area (TPSA) is 54.5 Å². The van der Waals surface area contributed by atoms with Crippen molar-refractivity contribution in [2.45, 2.75) is 6.04 Å². The fraction of sp³-hybridized carbons (Fsp3) is 0.294. The van der Waals surface area contributed by atoms with Crippen LogP contribution in [0.3, 0.4) is 0 Å². The van der Waals surface area contributed by atoms with E-state index in [0.29, 0.717) is 17.3 Å². The second-order valence-corrected chi connectivity index (χ2v) is 5.77. The Hall–Kier alpha value is -2.11. The van der Waals surface area contributed by atoms with Crippen molar-refractivity contribution in [3.8, 4) is 5.75 Å². The van der Waals surface area contributed by atoms with Crippen LogP contribution in [0.2, 0.25) is 5.02 Å². The first-order chi connectivity index (χ1) is 11.2. The third-order valence-electron chi connectivity index (χ3n) is 3.81. The van der Waals surface area contributed by atoms with Crippen LogP contribution in [0, 0.1) is 0 Å². The number of hydrogen-bond acceptors (Lipinski definition) is 4. The van der Waals surface area contributed by atoms with Gasteiger partial charge in [-0.1, -0.05) is 17.7 Å². The molecule has 2 heterocycles. The maximum atomic E-state index is 12.5. The quantitative estimate of drug-likeness (QED) is 0.934. The molecular weight excluding hydrogens is 314 g/mol. The number of nitrogens with one attached hydrogen (secondary N) is 1. The second kappa shape index (κ2) is 7.44. The monoisotopic (exact) mass is 331 g/mol. The van der Waals surface area contributed by atoms with Gasteiger partial charge in [0.25, 0.3) is 5.91 Å². The molecule has 0 radical (unpaired) electrons. The van der Waals surface area contributed by atoms with Crippen LogP contribution >= 0.6 is 11.6 Å². The minimum atomic E-state index is -0.0321. The molecule has 1 fully saturated rings. The highest BCUT2D eigenvalue weighted by atomic mass is 35.5. The minimum absolute atomic E-state index is 0.0123. The lowest BCUT2D eigenvalue weighted by atomic mass is 10.1. The van der Waals surface area contributed by atoms with Crippen LogP contribution in [0.5, 0.6) is 5.75 Å². The Labute approximate surface area is 140 Å². The fourth-order valence-electron chi connectivity index (χ4n) is 2.63. The van der Waals surface area contributed by atoms with Gasteiger partial charge in [-0.25, -0.2) is 0 Å². The van der Waals surface area contributed by atoms with Crippen molar-refractivity contribution >= 4 is 17.5 Å². The van der Waals surface area contributed by atoms with Crippen molar-refractivity contribution in [3.63, 3.8) is 0 Å². The molecule has 23 heavy (non-hydrogen) atoms. The number of pyridine rings is 1. The van der Waals surface area contributed by atoms with E-state index in [1.54, 1.807) is 36.7 Å².